The lowest BCUT2D eigenvalue weighted by Gasteiger charge is -2.26. The SMILES string of the molecule is C/C=C/CCC1CCC(/C=C/CCc2ccc(C3=CCC(CC)CC3)c(F)c2F)CC1. The van der Waals surface area contributed by atoms with Crippen molar-refractivity contribution in [2.24, 2.45) is 17.8 Å². The number of aryl methyl sites for hydroxylation is 1. The van der Waals surface area contributed by atoms with Crippen LogP contribution in [-0.2, 0) is 6.42 Å². The van der Waals surface area contributed by atoms with Crippen LogP contribution in [0.25, 0.3) is 5.57 Å². The van der Waals surface area contributed by atoms with Crippen LogP contribution in [0.15, 0.2) is 42.5 Å². The number of benzene rings is 1. The highest BCUT2D eigenvalue weighted by molar-refractivity contribution is 5.67. The first kappa shape index (κ1) is 24.0. The molecule has 0 saturated heterocycles. The molecule has 2 heteroatoms. The molecule has 0 bridgehead atoms. The van der Waals surface area contributed by atoms with Crippen LogP contribution >= 0.6 is 0 Å². The number of halogens is 2. The van der Waals surface area contributed by atoms with Gasteiger partial charge >= 0.3 is 0 Å². The summed E-state index contributed by atoms with van der Waals surface area (Å²) in [7, 11) is 0. The third-order valence-electron chi connectivity index (χ3n) is 7.46. The maximum Gasteiger partial charge on any atom is 0.166 e. The molecule has 0 aliphatic heterocycles. The van der Waals surface area contributed by atoms with Gasteiger partial charge in [-0.05, 0) is 106 Å². The predicted octanol–water partition coefficient (Wildman–Crippen LogP) is 9.21. The van der Waals surface area contributed by atoms with E-state index in [0.717, 1.165) is 43.6 Å². The van der Waals surface area contributed by atoms with Crippen LogP contribution in [-0.4, -0.2) is 0 Å². The molecule has 0 N–H and O–H groups in total. The van der Waals surface area contributed by atoms with E-state index < -0.39 is 11.6 Å². The molecule has 1 aromatic rings. The number of hydrogen-bond donors (Lipinski definition) is 0. The van der Waals surface area contributed by atoms with Crippen molar-refractivity contribution in [2.75, 3.05) is 0 Å². The zero-order valence-corrected chi connectivity index (χ0v) is 19.5. The van der Waals surface area contributed by atoms with Crippen molar-refractivity contribution in [3.8, 4) is 0 Å². The van der Waals surface area contributed by atoms with Crippen molar-refractivity contribution in [1.29, 1.82) is 0 Å². The van der Waals surface area contributed by atoms with E-state index >= 15 is 0 Å². The third-order valence-corrected chi connectivity index (χ3v) is 7.46. The van der Waals surface area contributed by atoms with Crippen molar-refractivity contribution in [3.63, 3.8) is 0 Å². The van der Waals surface area contributed by atoms with E-state index in [-0.39, 0.29) is 0 Å². The zero-order valence-electron chi connectivity index (χ0n) is 19.5. The zero-order chi connectivity index (χ0) is 22.1. The van der Waals surface area contributed by atoms with E-state index in [0.29, 0.717) is 29.4 Å². The molecule has 1 saturated carbocycles. The van der Waals surface area contributed by atoms with Gasteiger partial charge < -0.3 is 0 Å². The Hall–Kier alpha value is -1.70. The lowest BCUT2D eigenvalue weighted by Crippen LogP contribution is -2.12. The minimum Gasteiger partial charge on any atom is -0.203 e. The Balaban J connectivity index is 1.47. The van der Waals surface area contributed by atoms with E-state index in [1.165, 1.54) is 38.5 Å². The van der Waals surface area contributed by atoms with Gasteiger partial charge in [-0.15, -0.1) is 0 Å². The molecule has 1 fully saturated rings. The Morgan fingerprint density at radius 2 is 1.74 bits per heavy atom. The number of rotatable bonds is 9. The quantitative estimate of drug-likeness (QED) is 0.345. The Kier molecular flexibility index (Phi) is 9.55. The fourth-order valence-corrected chi connectivity index (χ4v) is 5.23. The van der Waals surface area contributed by atoms with Gasteiger partial charge in [-0.3, -0.25) is 0 Å². The maximum absolute atomic E-state index is 14.7. The molecule has 0 aromatic heterocycles. The van der Waals surface area contributed by atoms with Crippen LogP contribution in [0.3, 0.4) is 0 Å². The molecular formula is C29H40F2. The van der Waals surface area contributed by atoms with Crippen LogP contribution < -0.4 is 0 Å². The molecule has 170 valence electrons. The normalized spacial score (nSPS) is 24.8. The molecule has 2 aliphatic rings. The summed E-state index contributed by atoms with van der Waals surface area (Å²) in [6.45, 7) is 4.29. The fourth-order valence-electron chi connectivity index (χ4n) is 5.23. The van der Waals surface area contributed by atoms with Crippen LogP contribution in [0.1, 0.15) is 95.6 Å². The standard InChI is InChI=1S/C29H40F2/c1-3-5-6-9-23-12-14-24(15-13-23)10-7-8-11-26-20-21-27(29(31)28(26)30)25-18-16-22(4-2)17-19-25/h3,5,7,10,18,20-24H,4,6,8-9,11-17,19H2,1-2H3/b5-3+,10-7+. The molecule has 0 amide bonds. The van der Waals surface area contributed by atoms with E-state index in [2.05, 4.69) is 44.2 Å². The van der Waals surface area contributed by atoms with Crippen LogP contribution in [0.5, 0.6) is 0 Å². The monoisotopic (exact) mass is 426 g/mol. The summed E-state index contributed by atoms with van der Waals surface area (Å²) in [5, 5.41) is 0. The van der Waals surface area contributed by atoms with Crippen LogP contribution in [0.2, 0.25) is 0 Å². The second-order valence-electron chi connectivity index (χ2n) is 9.57. The van der Waals surface area contributed by atoms with Crippen molar-refractivity contribution in [2.45, 2.75) is 90.9 Å². The highest BCUT2D eigenvalue weighted by Gasteiger charge is 2.20. The van der Waals surface area contributed by atoms with Crippen molar-refractivity contribution in [1.82, 2.24) is 0 Å². The first-order valence-electron chi connectivity index (χ1n) is 12.6. The first-order chi connectivity index (χ1) is 15.1. The highest BCUT2D eigenvalue weighted by Crippen LogP contribution is 2.34. The Morgan fingerprint density at radius 1 is 0.935 bits per heavy atom. The van der Waals surface area contributed by atoms with Crippen LogP contribution in [0.4, 0.5) is 8.78 Å². The van der Waals surface area contributed by atoms with Gasteiger partial charge in [0.05, 0.1) is 0 Å². The summed E-state index contributed by atoms with van der Waals surface area (Å²) >= 11 is 0. The fraction of sp³-hybridized carbons (Fsp3) is 0.586. The smallest absolute Gasteiger partial charge is 0.166 e. The van der Waals surface area contributed by atoms with E-state index in [1.54, 1.807) is 12.1 Å². The van der Waals surface area contributed by atoms with E-state index in [1.807, 2.05) is 0 Å². The molecule has 0 spiro atoms. The average molecular weight is 427 g/mol. The lowest BCUT2D eigenvalue weighted by molar-refractivity contribution is 0.297. The van der Waals surface area contributed by atoms with Gasteiger partial charge in [0.25, 0.3) is 0 Å². The second kappa shape index (κ2) is 12.4. The molecule has 1 aromatic carbocycles. The Morgan fingerprint density at radius 3 is 2.42 bits per heavy atom. The molecule has 0 heterocycles. The van der Waals surface area contributed by atoms with Gasteiger partial charge in [0.2, 0.25) is 0 Å². The summed E-state index contributed by atoms with van der Waals surface area (Å²) in [5.74, 6) is 0.927. The lowest BCUT2D eigenvalue weighted by atomic mass is 9.80. The minimum absolute atomic E-state index is 0.470. The summed E-state index contributed by atoms with van der Waals surface area (Å²) in [6.07, 6.45) is 24.2. The first-order valence-corrected chi connectivity index (χ1v) is 12.6. The van der Waals surface area contributed by atoms with Gasteiger partial charge in [-0.2, -0.15) is 0 Å². The minimum atomic E-state index is -0.654. The molecule has 31 heavy (non-hydrogen) atoms. The molecule has 0 nitrogen and oxygen atoms in total. The van der Waals surface area contributed by atoms with Gasteiger partial charge in [0.15, 0.2) is 11.6 Å². The summed E-state index contributed by atoms with van der Waals surface area (Å²) in [5.41, 5.74) is 1.95. The molecule has 1 unspecified atom stereocenters. The maximum atomic E-state index is 14.7. The van der Waals surface area contributed by atoms with Crippen molar-refractivity contribution >= 4 is 5.57 Å². The van der Waals surface area contributed by atoms with Crippen molar-refractivity contribution in [3.05, 3.63) is 65.3 Å². The van der Waals surface area contributed by atoms with Gasteiger partial charge in [-0.25, -0.2) is 8.78 Å². The molecule has 2 aliphatic carbocycles. The number of hydrogen-bond acceptors (Lipinski definition) is 0. The van der Waals surface area contributed by atoms with Crippen molar-refractivity contribution < 1.29 is 8.78 Å². The van der Waals surface area contributed by atoms with E-state index in [9.17, 15) is 8.78 Å². The predicted molar refractivity (Wildman–Crippen MR) is 129 cm³/mol. The second-order valence-corrected chi connectivity index (χ2v) is 9.57. The summed E-state index contributed by atoms with van der Waals surface area (Å²) in [4.78, 5) is 0. The summed E-state index contributed by atoms with van der Waals surface area (Å²) in [6, 6.07) is 3.59. The van der Waals surface area contributed by atoms with Crippen LogP contribution in [0, 0.1) is 29.4 Å². The largest absolute Gasteiger partial charge is 0.203 e. The molecule has 3 rings (SSSR count). The highest BCUT2D eigenvalue weighted by atomic mass is 19.2. The topological polar surface area (TPSA) is 0 Å². The van der Waals surface area contributed by atoms with Gasteiger partial charge in [0.1, 0.15) is 0 Å². The summed E-state index contributed by atoms with van der Waals surface area (Å²) < 4.78 is 29.4. The Labute approximate surface area is 188 Å². The average Bonchev–Trinajstić information content (AvgIpc) is 2.80. The Bertz CT molecular complexity index is 778. The molecular weight excluding hydrogens is 386 g/mol. The third kappa shape index (κ3) is 6.89. The molecule has 0 radical (unpaired) electrons. The van der Waals surface area contributed by atoms with Gasteiger partial charge in [-0.1, -0.05) is 55.9 Å². The number of allylic oxidation sites excluding steroid dienone is 6. The molecule has 1 atom stereocenters. The van der Waals surface area contributed by atoms with Gasteiger partial charge in [0, 0.05) is 5.56 Å². The van der Waals surface area contributed by atoms with E-state index in [4.69, 9.17) is 0 Å².